The smallest absolute Gasteiger partial charge is 0.241 e. The molecule has 0 radical (unpaired) electrons. The Morgan fingerprint density at radius 1 is 1.00 bits per heavy atom. The van der Waals surface area contributed by atoms with Crippen molar-refractivity contribution >= 4 is 26.7 Å². The maximum atomic E-state index is 13.5. The second-order valence-corrected chi connectivity index (χ2v) is 10.9. The number of quaternary nitrogens is 1. The first kappa shape index (κ1) is 24.4. The summed E-state index contributed by atoms with van der Waals surface area (Å²) in [4.78, 5) is 15.4. The lowest BCUT2D eigenvalue weighted by atomic mass is 10.0. The Morgan fingerprint density at radius 2 is 1.65 bits per heavy atom. The van der Waals surface area contributed by atoms with Crippen LogP contribution in [0.15, 0.2) is 71.6 Å². The summed E-state index contributed by atoms with van der Waals surface area (Å²) in [6.07, 6.45) is 5.32. The number of hydrogen-bond acceptors (Lipinski definition) is 3. The molecule has 4 N–H and O–H groups in total. The Bertz CT molecular complexity index is 1240. The van der Waals surface area contributed by atoms with Crippen molar-refractivity contribution in [1.82, 2.24) is 9.62 Å². The van der Waals surface area contributed by atoms with E-state index in [1.54, 1.807) is 30.1 Å². The average molecular weight is 481 g/mol. The molecule has 4 rings (SSSR count). The molecule has 7 heteroatoms. The monoisotopic (exact) mass is 480 g/mol. The van der Waals surface area contributed by atoms with Crippen molar-refractivity contribution in [2.75, 3.05) is 13.6 Å². The van der Waals surface area contributed by atoms with E-state index in [9.17, 15) is 13.2 Å². The Labute approximate surface area is 202 Å². The first-order valence-electron chi connectivity index (χ1n) is 12.0. The summed E-state index contributed by atoms with van der Waals surface area (Å²) in [5.74, 6) is -0.182. The molecule has 0 heterocycles. The normalized spacial score (nSPS) is 15.5. The third-order valence-corrected chi connectivity index (χ3v) is 8.24. The highest BCUT2D eigenvalue weighted by Gasteiger charge is 2.32. The summed E-state index contributed by atoms with van der Waals surface area (Å²) >= 11 is 0. The number of benzene rings is 3. The van der Waals surface area contributed by atoms with Gasteiger partial charge in [0.2, 0.25) is 15.9 Å². The van der Waals surface area contributed by atoms with Gasteiger partial charge in [0.25, 0.3) is 0 Å². The molecule has 1 saturated carbocycles. The Kier molecular flexibility index (Phi) is 7.66. The van der Waals surface area contributed by atoms with Crippen molar-refractivity contribution in [2.24, 2.45) is 0 Å². The molecule has 1 atom stereocenters. The number of nitrogens with zero attached hydrogens (tertiary/aromatic N) is 1. The highest BCUT2D eigenvalue weighted by atomic mass is 32.2. The van der Waals surface area contributed by atoms with Crippen LogP contribution in [0.3, 0.4) is 0 Å². The molecule has 3 aromatic rings. The number of carbonyl (C=O) groups is 1. The average Bonchev–Trinajstić information content (AvgIpc) is 3.39. The van der Waals surface area contributed by atoms with E-state index in [1.807, 2.05) is 48.5 Å². The van der Waals surface area contributed by atoms with E-state index in [1.165, 1.54) is 5.56 Å². The van der Waals surface area contributed by atoms with Crippen LogP contribution in [0, 0.1) is 0 Å². The van der Waals surface area contributed by atoms with E-state index < -0.39 is 16.1 Å². The van der Waals surface area contributed by atoms with E-state index in [2.05, 4.69) is 10.5 Å². The molecule has 6 nitrogen and oxygen atoms in total. The highest BCUT2D eigenvalue weighted by Crippen LogP contribution is 2.24. The van der Waals surface area contributed by atoms with Crippen molar-refractivity contribution < 1.29 is 18.9 Å². The van der Waals surface area contributed by atoms with Gasteiger partial charge in [0, 0.05) is 19.5 Å². The topological polar surface area (TPSA) is 94.1 Å². The van der Waals surface area contributed by atoms with Crippen LogP contribution in [0.5, 0.6) is 0 Å². The van der Waals surface area contributed by atoms with E-state index in [-0.39, 0.29) is 16.8 Å². The van der Waals surface area contributed by atoms with Crippen LogP contribution in [0.1, 0.15) is 36.8 Å². The van der Waals surface area contributed by atoms with Gasteiger partial charge >= 0.3 is 0 Å². The number of sulfonamides is 1. The van der Waals surface area contributed by atoms with Gasteiger partial charge in [-0.15, -0.1) is 0 Å². The quantitative estimate of drug-likeness (QED) is 0.493. The lowest BCUT2D eigenvalue weighted by Gasteiger charge is -2.29. The largest absolute Gasteiger partial charge is 0.357 e. The van der Waals surface area contributed by atoms with Crippen LogP contribution in [0.4, 0.5) is 0 Å². The minimum Gasteiger partial charge on any atom is -0.357 e. The number of hydrogen-bond donors (Lipinski definition) is 2. The molecular formula is C27H34N3O3S+. The van der Waals surface area contributed by atoms with E-state index in [0.29, 0.717) is 6.42 Å². The number of amides is 1. The molecule has 3 aromatic carbocycles. The Hall–Kier alpha value is -2.74. The second kappa shape index (κ2) is 10.7. The number of fused-ring (bicyclic) bond motifs is 1. The van der Waals surface area contributed by atoms with Gasteiger partial charge in [-0.1, -0.05) is 67.4 Å². The van der Waals surface area contributed by atoms with Crippen LogP contribution < -0.4 is 10.5 Å². The van der Waals surface area contributed by atoms with Gasteiger partial charge < -0.3 is 10.6 Å². The molecule has 1 aliphatic carbocycles. The fraction of sp³-hybridized carbons (Fsp3) is 0.370. The molecule has 180 valence electrons. The Balaban J connectivity index is 1.60. The summed E-state index contributed by atoms with van der Waals surface area (Å²) < 4.78 is 29.5. The molecule has 34 heavy (non-hydrogen) atoms. The molecule has 0 unspecified atom stereocenters. The van der Waals surface area contributed by atoms with E-state index in [0.717, 1.165) is 55.0 Å². The van der Waals surface area contributed by atoms with E-state index >= 15 is 0 Å². The predicted octanol–water partition coefficient (Wildman–Crippen LogP) is 2.91. The number of rotatable bonds is 9. The van der Waals surface area contributed by atoms with Crippen LogP contribution in [0.25, 0.3) is 10.8 Å². The van der Waals surface area contributed by atoms with Gasteiger partial charge in [-0.25, -0.2) is 8.42 Å². The molecule has 0 bridgehead atoms. The molecular weight excluding hydrogens is 446 g/mol. The van der Waals surface area contributed by atoms with Gasteiger partial charge in [0.05, 0.1) is 11.4 Å². The maximum absolute atomic E-state index is 13.5. The van der Waals surface area contributed by atoms with Crippen molar-refractivity contribution in [2.45, 2.75) is 55.5 Å². The van der Waals surface area contributed by atoms with Crippen molar-refractivity contribution in [3.8, 4) is 0 Å². The molecule has 0 aliphatic heterocycles. The van der Waals surface area contributed by atoms with Crippen LogP contribution >= 0.6 is 0 Å². The van der Waals surface area contributed by atoms with Crippen LogP contribution in [0.2, 0.25) is 0 Å². The lowest BCUT2D eigenvalue weighted by Crippen LogP contribution is -2.51. The fourth-order valence-corrected chi connectivity index (χ4v) is 5.99. The molecule has 0 spiro atoms. The van der Waals surface area contributed by atoms with Gasteiger partial charge in [0.15, 0.2) is 0 Å². The first-order valence-corrected chi connectivity index (χ1v) is 13.5. The molecule has 1 fully saturated rings. The number of carbonyl (C=O) groups excluding carboxylic acids is 1. The van der Waals surface area contributed by atoms with Crippen LogP contribution in [-0.2, 0) is 27.7 Å². The zero-order chi connectivity index (χ0) is 24.1. The molecule has 1 aliphatic rings. The Morgan fingerprint density at radius 3 is 2.32 bits per heavy atom. The first-order chi connectivity index (χ1) is 16.4. The molecule has 0 saturated heterocycles. The van der Waals surface area contributed by atoms with Gasteiger partial charge in [0.1, 0.15) is 6.04 Å². The summed E-state index contributed by atoms with van der Waals surface area (Å²) in [5, 5.41) is 1.81. The zero-order valence-electron chi connectivity index (χ0n) is 19.7. The minimum atomic E-state index is -3.90. The predicted molar refractivity (Wildman–Crippen MR) is 135 cm³/mol. The lowest BCUT2D eigenvalue weighted by molar-refractivity contribution is -0.366. The zero-order valence-corrected chi connectivity index (χ0v) is 20.6. The summed E-state index contributed by atoms with van der Waals surface area (Å²) in [6, 6.07) is 20.0. The summed E-state index contributed by atoms with van der Waals surface area (Å²) in [7, 11) is -2.10. The van der Waals surface area contributed by atoms with Crippen LogP contribution in [-0.4, -0.2) is 44.9 Å². The minimum absolute atomic E-state index is 0.165. The highest BCUT2D eigenvalue weighted by molar-refractivity contribution is 7.89. The van der Waals surface area contributed by atoms with Crippen molar-refractivity contribution in [1.29, 1.82) is 0 Å². The fourth-order valence-electron chi connectivity index (χ4n) is 4.77. The third-order valence-electron chi connectivity index (χ3n) is 6.78. The third kappa shape index (κ3) is 5.66. The molecule has 0 aromatic heterocycles. The standard InChI is InChI=1S/C27H33N3O3S/c1-30(24-8-4-5-9-24)27(31)26(18-21-12-10-20(11-13-21)16-17-28)29-34(32,33)25-15-14-22-6-2-3-7-23(22)19-25/h2-3,6-7,10-15,19,24,26,29H,4-5,8-9,16-18,28H2,1H3/p+1/t26-/m0/s1. The summed E-state index contributed by atoms with van der Waals surface area (Å²) in [6.45, 7) is 0.818. The maximum Gasteiger partial charge on any atom is 0.241 e. The summed E-state index contributed by atoms with van der Waals surface area (Å²) in [5.41, 5.74) is 6.00. The van der Waals surface area contributed by atoms with Gasteiger partial charge in [-0.3, -0.25) is 4.79 Å². The van der Waals surface area contributed by atoms with Crippen molar-refractivity contribution in [3.05, 3.63) is 77.9 Å². The van der Waals surface area contributed by atoms with Crippen molar-refractivity contribution in [3.63, 3.8) is 0 Å². The van der Waals surface area contributed by atoms with Gasteiger partial charge in [-0.2, -0.15) is 4.72 Å². The van der Waals surface area contributed by atoms with Gasteiger partial charge in [-0.05, 0) is 53.3 Å². The molecule has 1 amide bonds. The second-order valence-electron chi connectivity index (χ2n) is 9.19. The number of likely N-dealkylation sites (N-methyl/N-ethyl adjacent to an activating group) is 1. The SMILES string of the molecule is CN(C(=O)[C@H](Cc1ccc(CC[NH3+])cc1)NS(=O)(=O)c1ccc2ccccc2c1)C1CCCC1. The number of nitrogens with one attached hydrogen (secondary N) is 1. The van der Waals surface area contributed by atoms with E-state index in [4.69, 9.17) is 0 Å².